The van der Waals surface area contributed by atoms with E-state index in [0.717, 1.165) is 45.4 Å². The molecule has 0 aromatic heterocycles. The molecule has 0 aliphatic carbocycles. The second kappa shape index (κ2) is 14.4. The van der Waals surface area contributed by atoms with Crippen molar-refractivity contribution in [2.24, 2.45) is 0 Å². The molecule has 2 saturated heterocycles. The molecule has 0 saturated carbocycles. The summed E-state index contributed by atoms with van der Waals surface area (Å²) in [4.78, 5) is 20.8. The Morgan fingerprint density at radius 2 is 1.49 bits per heavy atom. The molecule has 3 aliphatic rings. The highest BCUT2D eigenvalue weighted by atomic mass is 32.2. The third-order valence-electron chi connectivity index (χ3n) is 9.95. The van der Waals surface area contributed by atoms with E-state index in [-0.39, 0.29) is 35.9 Å². The summed E-state index contributed by atoms with van der Waals surface area (Å²) in [5.74, 6) is 1.47. The lowest BCUT2D eigenvalue weighted by molar-refractivity contribution is -0.150. The molecule has 0 bridgehead atoms. The Balaban J connectivity index is 1.42. The number of carbonyl (C=O) groups excluding carboxylic acids is 1. The van der Waals surface area contributed by atoms with Gasteiger partial charge in [0.1, 0.15) is 40.1 Å². The third-order valence-corrected chi connectivity index (χ3v) is 11.7. The number of carbonyl (C=O) groups is 1. The second-order valence-electron chi connectivity index (χ2n) is 12.6. The van der Waals surface area contributed by atoms with Gasteiger partial charge in [-0.15, -0.1) is 0 Å². The molecule has 3 aromatic rings. The summed E-state index contributed by atoms with van der Waals surface area (Å²) in [7, 11) is 3.91. The molecular formula is C36H46N4O8S. The minimum atomic E-state index is -4.24. The second-order valence-corrected chi connectivity index (χ2v) is 14.5. The SMILES string of the molecule is COc1ccc(S(=O)(=O)N2CC(OCC(=O)N3CCCCC3N3CCN(C)CC3)(c3ccccc3OC)c3cc(OC)ccc32)c(OC)c1. The fourth-order valence-electron chi connectivity index (χ4n) is 7.26. The van der Waals surface area contributed by atoms with E-state index in [1.165, 1.54) is 30.7 Å². The van der Waals surface area contributed by atoms with Crippen LogP contribution in [-0.2, 0) is 25.2 Å². The predicted octanol–water partition coefficient (Wildman–Crippen LogP) is 3.78. The van der Waals surface area contributed by atoms with Crippen LogP contribution in [0, 0.1) is 0 Å². The Bertz CT molecular complexity index is 1760. The first-order valence-corrected chi connectivity index (χ1v) is 18.0. The van der Waals surface area contributed by atoms with Crippen molar-refractivity contribution in [3.8, 4) is 23.0 Å². The molecule has 264 valence electrons. The van der Waals surface area contributed by atoms with Gasteiger partial charge in [-0.25, -0.2) is 8.42 Å². The van der Waals surface area contributed by atoms with Crippen LogP contribution in [0.15, 0.2) is 65.6 Å². The van der Waals surface area contributed by atoms with Gasteiger partial charge in [-0.05, 0) is 62.7 Å². The molecule has 2 unspecified atom stereocenters. The number of para-hydroxylation sites is 1. The number of fused-ring (bicyclic) bond motifs is 1. The lowest BCUT2D eigenvalue weighted by Crippen LogP contribution is -2.58. The van der Waals surface area contributed by atoms with E-state index in [4.69, 9.17) is 23.7 Å². The maximum Gasteiger partial charge on any atom is 0.268 e. The standard InChI is InChI=1S/C36H46N4O8S/c1-37-18-20-38(21-19-37)34-12-8-9-17-39(34)35(41)24-48-36(28-10-6-7-11-31(28)46-4)25-40(30-15-13-26(44-2)22-29(30)36)49(42,43)33-16-14-27(45-3)23-32(33)47-5/h6-7,10-11,13-16,22-23,34H,8-9,12,17-21,24-25H2,1-5H3. The van der Waals surface area contributed by atoms with Crippen LogP contribution in [0.1, 0.15) is 30.4 Å². The van der Waals surface area contributed by atoms with Gasteiger partial charge < -0.3 is 33.5 Å². The lowest BCUT2D eigenvalue weighted by Gasteiger charge is -2.45. The lowest BCUT2D eigenvalue weighted by atomic mass is 9.87. The van der Waals surface area contributed by atoms with Gasteiger partial charge in [0.25, 0.3) is 10.0 Å². The summed E-state index contributed by atoms with van der Waals surface area (Å²) >= 11 is 0. The molecule has 0 spiro atoms. The number of likely N-dealkylation sites (tertiary alicyclic amines) is 1. The van der Waals surface area contributed by atoms with Gasteiger partial charge in [-0.1, -0.05) is 18.2 Å². The molecule has 2 fully saturated rings. The zero-order valence-corrected chi connectivity index (χ0v) is 29.7. The van der Waals surface area contributed by atoms with Gasteiger partial charge in [0.2, 0.25) is 5.91 Å². The molecule has 3 aliphatic heterocycles. The molecule has 2 atom stereocenters. The number of anilines is 1. The Labute approximate surface area is 289 Å². The number of nitrogens with zero attached hydrogens (tertiary/aromatic N) is 4. The Morgan fingerprint density at radius 1 is 0.796 bits per heavy atom. The molecule has 12 nitrogen and oxygen atoms in total. The van der Waals surface area contributed by atoms with E-state index in [1.54, 1.807) is 44.6 Å². The Morgan fingerprint density at radius 3 is 2.20 bits per heavy atom. The smallest absolute Gasteiger partial charge is 0.268 e. The van der Waals surface area contributed by atoms with Crippen LogP contribution in [0.3, 0.4) is 0 Å². The van der Waals surface area contributed by atoms with Crippen molar-refractivity contribution in [3.63, 3.8) is 0 Å². The normalized spacial score (nSPS) is 21.7. The Kier molecular flexibility index (Phi) is 10.3. The van der Waals surface area contributed by atoms with Gasteiger partial charge in [-0.2, -0.15) is 0 Å². The molecule has 13 heteroatoms. The van der Waals surface area contributed by atoms with E-state index in [9.17, 15) is 13.2 Å². The molecule has 0 N–H and O–H groups in total. The number of piperazine rings is 1. The molecule has 49 heavy (non-hydrogen) atoms. The highest BCUT2D eigenvalue weighted by Gasteiger charge is 2.52. The minimum absolute atomic E-state index is 0.00358. The van der Waals surface area contributed by atoms with Crippen LogP contribution < -0.4 is 23.3 Å². The fourth-order valence-corrected chi connectivity index (χ4v) is 8.90. The fraction of sp³-hybridized carbons (Fsp3) is 0.472. The topological polar surface area (TPSA) is 110 Å². The zero-order chi connectivity index (χ0) is 34.8. The van der Waals surface area contributed by atoms with Crippen LogP contribution in [0.4, 0.5) is 5.69 Å². The van der Waals surface area contributed by atoms with Crippen molar-refractivity contribution in [2.45, 2.75) is 35.9 Å². The van der Waals surface area contributed by atoms with Crippen molar-refractivity contribution < 1.29 is 36.9 Å². The molecular weight excluding hydrogens is 648 g/mol. The van der Waals surface area contributed by atoms with Gasteiger partial charge in [0, 0.05) is 49.9 Å². The number of methoxy groups -OCH3 is 4. The quantitative estimate of drug-likeness (QED) is 0.294. The van der Waals surface area contributed by atoms with Crippen molar-refractivity contribution in [3.05, 3.63) is 71.8 Å². The number of piperidine rings is 1. The number of likely N-dealkylation sites (N-methyl/N-ethyl adjacent to an activating group) is 1. The van der Waals surface area contributed by atoms with Crippen LogP contribution in [0.25, 0.3) is 0 Å². The van der Waals surface area contributed by atoms with E-state index in [2.05, 4.69) is 16.8 Å². The third kappa shape index (κ3) is 6.52. The number of amides is 1. The molecule has 3 heterocycles. The van der Waals surface area contributed by atoms with Crippen molar-refractivity contribution >= 4 is 21.6 Å². The molecule has 1 amide bonds. The maximum absolute atomic E-state index is 14.6. The number of hydrogen-bond acceptors (Lipinski definition) is 10. The van der Waals surface area contributed by atoms with Crippen molar-refractivity contribution in [1.82, 2.24) is 14.7 Å². The van der Waals surface area contributed by atoms with Crippen LogP contribution in [-0.4, -0.2) is 117 Å². The highest BCUT2D eigenvalue weighted by Crippen LogP contribution is 2.52. The summed E-state index contributed by atoms with van der Waals surface area (Å²) in [5, 5.41) is 0. The van der Waals surface area contributed by atoms with Gasteiger partial charge in [0.15, 0.2) is 0 Å². The summed E-state index contributed by atoms with van der Waals surface area (Å²) in [5.41, 5.74) is 0.0890. The van der Waals surface area contributed by atoms with E-state index < -0.39 is 15.6 Å². The summed E-state index contributed by atoms with van der Waals surface area (Å²) < 4.78 is 59.8. The first kappa shape index (κ1) is 34.8. The van der Waals surface area contributed by atoms with Gasteiger partial charge >= 0.3 is 0 Å². The molecule has 6 rings (SSSR count). The molecule has 0 radical (unpaired) electrons. The number of sulfonamides is 1. The molecule has 3 aromatic carbocycles. The summed E-state index contributed by atoms with van der Waals surface area (Å²) in [6, 6.07) is 17.1. The van der Waals surface area contributed by atoms with Crippen molar-refractivity contribution in [1.29, 1.82) is 0 Å². The van der Waals surface area contributed by atoms with E-state index >= 15 is 0 Å². The van der Waals surface area contributed by atoms with Gasteiger partial charge in [-0.3, -0.25) is 14.0 Å². The highest BCUT2D eigenvalue weighted by molar-refractivity contribution is 7.93. The average molecular weight is 695 g/mol. The number of hydrogen-bond donors (Lipinski definition) is 0. The van der Waals surface area contributed by atoms with Crippen molar-refractivity contribution in [2.75, 3.05) is 85.7 Å². The summed E-state index contributed by atoms with van der Waals surface area (Å²) in [6.07, 6.45) is 2.88. The maximum atomic E-state index is 14.6. The first-order chi connectivity index (χ1) is 23.7. The van der Waals surface area contributed by atoms with Gasteiger partial charge in [0.05, 0.1) is 46.8 Å². The van der Waals surface area contributed by atoms with Crippen LogP contribution in [0.5, 0.6) is 23.0 Å². The van der Waals surface area contributed by atoms with Crippen LogP contribution >= 0.6 is 0 Å². The Hall–Kier alpha value is -4.04. The minimum Gasteiger partial charge on any atom is -0.497 e. The monoisotopic (exact) mass is 694 g/mol. The number of rotatable bonds is 11. The first-order valence-electron chi connectivity index (χ1n) is 16.6. The zero-order valence-electron chi connectivity index (χ0n) is 28.9. The average Bonchev–Trinajstić information content (AvgIpc) is 3.49. The largest absolute Gasteiger partial charge is 0.497 e. The van der Waals surface area contributed by atoms with Crippen LogP contribution in [0.2, 0.25) is 0 Å². The number of ether oxygens (including phenoxy) is 5. The van der Waals surface area contributed by atoms with E-state index in [0.29, 0.717) is 40.6 Å². The summed E-state index contributed by atoms with van der Waals surface area (Å²) in [6.45, 7) is 3.91. The predicted molar refractivity (Wildman–Crippen MR) is 185 cm³/mol. The number of benzene rings is 3. The van der Waals surface area contributed by atoms with E-state index in [1.807, 2.05) is 23.1 Å².